The summed E-state index contributed by atoms with van der Waals surface area (Å²) >= 11 is 5.86. The molecule has 4 aromatic rings. The summed E-state index contributed by atoms with van der Waals surface area (Å²) in [5, 5.41) is 12.7. The molecule has 0 spiro atoms. The van der Waals surface area contributed by atoms with Gasteiger partial charge in [-0.25, -0.2) is 4.39 Å². The van der Waals surface area contributed by atoms with Crippen LogP contribution in [0.25, 0.3) is 11.7 Å². The molecule has 1 amide bonds. The minimum Gasteiger partial charge on any atom is -0.435 e. The topological polar surface area (TPSA) is 96.5 Å². The number of hydrogen-bond donors (Lipinski definition) is 1. The number of ether oxygens (including phenoxy) is 1. The number of nitrogens with zero attached hydrogens (tertiary/aromatic N) is 3. The van der Waals surface area contributed by atoms with Crippen LogP contribution >= 0.6 is 11.6 Å². The number of pyridine rings is 1. The Kier molecular flexibility index (Phi) is 6.39. The van der Waals surface area contributed by atoms with E-state index in [9.17, 15) is 19.2 Å². The third-order valence-electron chi connectivity index (χ3n) is 4.85. The highest BCUT2D eigenvalue weighted by Gasteiger charge is 2.19. The second-order valence-corrected chi connectivity index (χ2v) is 7.62. The van der Waals surface area contributed by atoms with Crippen LogP contribution in [0.2, 0.25) is 5.02 Å². The fraction of sp³-hybridized carbons (Fsp3) is 0.0400. The third-order valence-corrected chi connectivity index (χ3v) is 5.10. The molecule has 0 saturated carbocycles. The number of fused-ring (bicyclic) bond motifs is 1. The lowest BCUT2D eigenvalue weighted by atomic mass is 10.1. The molecule has 0 atom stereocenters. The number of amides is 1. The molecule has 2 heterocycles. The van der Waals surface area contributed by atoms with Crippen LogP contribution in [-0.2, 0) is 4.79 Å². The van der Waals surface area contributed by atoms with Crippen LogP contribution in [0, 0.1) is 24.1 Å². The van der Waals surface area contributed by atoms with Gasteiger partial charge in [0.25, 0.3) is 11.5 Å². The SMILES string of the molecule is Cc1cccn2c(=O)c(/C=C(/C#N)C(=O)Nc3ccc(Cl)cc3)c(Oc3ccccc3F)nc12. The molecule has 0 bridgehead atoms. The van der Waals surface area contributed by atoms with Gasteiger partial charge in [0.15, 0.2) is 11.6 Å². The van der Waals surface area contributed by atoms with Crippen LogP contribution in [0.4, 0.5) is 10.1 Å². The van der Waals surface area contributed by atoms with Crippen molar-refractivity contribution in [2.45, 2.75) is 6.92 Å². The predicted molar refractivity (Wildman–Crippen MR) is 126 cm³/mol. The van der Waals surface area contributed by atoms with E-state index >= 15 is 0 Å². The number of aryl methyl sites for hydroxylation is 1. The molecular formula is C25H16ClFN4O3. The normalized spacial score (nSPS) is 11.2. The molecular weight excluding hydrogens is 459 g/mol. The number of rotatable bonds is 5. The van der Waals surface area contributed by atoms with E-state index in [0.717, 1.165) is 6.08 Å². The zero-order valence-electron chi connectivity index (χ0n) is 17.8. The first-order chi connectivity index (χ1) is 16.4. The van der Waals surface area contributed by atoms with E-state index < -0.39 is 17.3 Å². The number of anilines is 1. The quantitative estimate of drug-likeness (QED) is 0.319. The second-order valence-electron chi connectivity index (χ2n) is 7.18. The Labute approximate surface area is 198 Å². The van der Waals surface area contributed by atoms with E-state index in [4.69, 9.17) is 16.3 Å². The van der Waals surface area contributed by atoms with Crippen molar-refractivity contribution in [3.63, 3.8) is 0 Å². The number of hydrogen-bond acceptors (Lipinski definition) is 5. The summed E-state index contributed by atoms with van der Waals surface area (Å²) in [6.45, 7) is 1.75. The smallest absolute Gasteiger partial charge is 0.269 e. The Bertz CT molecular complexity index is 1540. The van der Waals surface area contributed by atoms with E-state index in [2.05, 4.69) is 10.3 Å². The number of carbonyl (C=O) groups is 1. The minimum absolute atomic E-state index is 0.161. The lowest BCUT2D eigenvalue weighted by molar-refractivity contribution is -0.112. The van der Waals surface area contributed by atoms with Crippen LogP contribution in [0.15, 0.2) is 77.2 Å². The molecule has 0 aliphatic heterocycles. The van der Waals surface area contributed by atoms with Crippen LogP contribution in [0.3, 0.4) is 0 Å². The van der Waals surface area contributed by atoms with Crippen molar-refractivity contribution in [1.29, 1.82) is 5.26 Å². The van der Waals surface area contributed by atoms with Gasteiger partial charge in [0.1, 0.15) is 22.9 Å². The number of nitriles is 1. The molecule has 0 aliphatic carbocycles. The monoisotopic (exact) mass is 474 g/mol. The molecule has 2 aromatic carbocycles. The Morgan fingerprint density at radius 2 is 1.91 bits per heavy atom. The maximum atomic E-state index is 14.3. The first-order valence-corrected chi connectivity index (χ1v) is 10.4. The number of benzene rings is 2. The molecule has 0 saturated heterocycles. The highest BCUT2D eigenvalue weighted by atomic mass is 35.5. The van der Waals surface area contributed by atoms with Gasteiger partial charge < -0.3 is 10.1 Å². The number of halogens is 2. The fourth-order valence-electron chi connectivity index (χ4n) is 3.15. The fourth-order valence-corrected chi connectivity index (χ4v) is 3.28. The molecule has 9 heteroatoms. The molecule has 0 fully saturated rings. The third kappa shape index (κ3) is 4.65. The summed E-state index contributed by atoms with van der Waals surface area (Å²) < 4.78 is 21.2. The second kappa shape index (κ2) is 9.57. The first kappa shape index (κ1) is 22.7. The van der Waals surface area contributed by atoms with Crippen molar-refractivity contribution in [3.8, 4) is 17.7 Å². The molecule has 168 valence electrons. The highest BCUT2D eigenvalue weighted by molar-refractivity contribution is 6.30. The van der Waals surface area contributed by atoms with Crippen LogP contribution in [0.1, 0.15) is 11.1 Å². The van der Waals surface area contributed by atoms with Crippen molar-refractivity contribution in [2.75, 3.05) is 5.32 Å². The number of carbonyl (C=O) groups excluding carboxylic acids is 1. The van der Waals surface area contributed by atoms with E-state index in [1.807, 2.05) is 0 Å². The van der Waals surface area contributed by atoms with Gasteiger partial charge in [-0.1, -0.05) is 29.8 Å². The zero-order chi connectivity index (χ0) is 24.2. The van der Waals surface area contributed by atoms with Gasteiger partial charge in [-0.05, 0) is 61.0 Å². The standard InChI is InChI=1S/C25H16ClFN4O3/c1-15-5-4-12-31-22(15)30-24(34-21-7-3-2-6-20(21)27)19(25(31)33)13-16(14-28)23(32)29-18-10-8-17(26)9-11-18/h2-13H,1H3,(H,29,32)/b16-13-. The lowest BCUT2D eigenvalue weighted by Gasteiger charge is -2.12. The largest absolute Gasteiger partial charge is 0.435 e. The van der Waals surface area contributed by atoms with E-state index in [-0.39, 0.29) is 22.8 Å². The molecule has 34 heavy (non-hydrogen) atoms. The molecule has 7 nitrogen and oxygen atoms in total. The number of nitrogens with one attached hydrogen (secondary N) is 1. The van der Waals surface area contributed by atoms with Gasteiger partial charge in [0.05, 0.1) is 0 Å². The van der Waals surface area contributed by atoms with Crippen molar-refractivity contribution in [2.24, 2.45) is 0 Å². The average molecular weight is 475 g/mol. The summed E-state index contributed by atoms with van der Waals surface area (Å²) in [6.07, 6.45) is 2.58. The van der Waals surface area contributed by atoms with Crippen LogP contribution < -0.4 is 15.6 Å². The number of aromatic nitrogens is 2. The Morgan fingerprint density at radius 3 is 2.62 bits per heavy atom. The summed E-state index contributed by atoms with van der Waals surface area (Å²) in [4.78, 5) is 30.4. The molecule has 0 unspecified atom stereocenters. The van der Waals surface area contributed by atoms with E-state index in [1.54, 1.807) is 55.5 Å². The molecule has 2 aromatic heterocycles. The zero-order valence-corrected chi connectivity index (χ0v) is 18.5. The average Bonchev–Trinajstić information content (AvgIpc) is 2.82. The Hall–Kier alpha value is -4.48. The molecule has 0 aliphatic rings. The summed E-state index contributed by atoms with van der Waals surface area (Å²) in [6, 6.07) is 17.1. The lowest BCUT2D eigenvalue weighted by Crippen LogP contribution is -2.20. The van der Waals surface area contributed by atoms with Crippen LogP contribution in [0.5, 0.6) is 11.6 Å². The van der Waals surface area contributed by atoms with E-state index in [0.29, 0.717) is 21.9 Å². The van der Waals surface area contributed by atoms with Gasteiger partial charge in [-0.3, -0.25) is 14.0 Å². The molecule has 1 N–H and O–H groups in total. The summed E-state index contributed by atoms with van der Waals surface area (Å²) in [5.41, 5.74) is 0.220. The number of para-hydroxylation sites is 1. The van der Waals surface area contributed by atoms with Crippen molar-refractivity contribution in [1.82, 2.24) is 9.38 Å². The summed E-state index contributed by atoms with van der Waals surface area (Å²) in [5.74, 6) is -1.82. The van der Waals surface area contributed by atoms with Gasteiger partial charge in [-0.15, -0.1) is 0 Å². The minimum atomic E-state index is -0.754. The van der Waals surface area contributed by atoms with Crippen molar-refractivity contribution < 1.29 is 13.9 Å². The van der Waals surface area contributed by atoms with Crippen molar-refractivity contribution in [3.05, 3.63) is 105 Å². The Balaban J connectivity index is 1.84. The van der Waals surface area contributed by atoms with E-state index in [1.165, 1.54) is 28.8 Å². The summed E-state index contributed by atoms with van der Waals surface area (Å²) in [7, 11) is 0. The van der Waals surface area contributed by atoms with Gasteiger partial charge in [-0.2, -0.15) is 10.2 Å². The first-order valence-electron chi connectivity index (χ1n) is 10.0. The van der Waals surface area contributed by atoms with Crippen LogP contribution in [-0.4, -0.2) is 15.3 Å². The van der Waals surface area contributed by atoms with Gasteiger partial charge in [0.2, 0.25) is 5.88 Å². The Morgan fingerprint density at radius 1 is 1.18 bits per heavy atom. The molecule has 4 rings (SSSR count). The van der Waals surface area contributed by atoms with Gasteiger partial charge in [0, 0.05) is 16.9 Å². The maximum absolute atomic E-state index is 14.3. The van der Waals surface area contributed by atoms with Crippen molar-refractivity contribution >= 4 is 34.9 Å². The van der Waals surface area contributed by atoms with Gasteiger partial charge >= 0.3 is 0 Å². The predicted octanol–water partition coefficient (Wildman–Crippen LogP) is 5.13. The maximum Gasteiger partial charge on any atom is 0.269 e. The molecule has 0 radical (unpaired) electrons. The highest BCUT2D eigenvalue weighted by Crippen LogP contribution is 2.27.